The van der Waals surface area contributed by atoms with Crippen LogP contribution < -0.4 is 5.73 Å². The molecule has 0 aliphatic heterocycles. The maximum Gasteiger partial charge on any atom is 0.0276 e. The maximum absolute atomic E-state index is 5.99. The lowest BCUT2D eigenvalue weighted by atomic mass is 9.48. The molecule has 0 amide bonds. The van der Waals surface area contributed by atoms with Crippen LogP contribution in [0.5, 0.6) is 0 Å². The summed E-state index contributed by atoms with van der Waals surface area (Å²) < 4.78 is 0. The molecule has 0 radical (unpaired) electrons. The van der Waals surface area contributed by atoms with Crippen molar-refractivity contribution in [2.45, 2.75) is 57.4 Å². The van der Waals surface area contributed by atoms with Crippen LogP contribution in [0.3, 0.4) is 0 Å². The van der Waals surface area contributed by atoms with Gasteiger partial charge in [0.15, 0.2) is 0 Å². The van der Waals surface area contributed by atoms with Crippen LogP contribution in [0.25, 0.3) is 0 Å². The molecule has 1 aromatic heterocycles. The fourth-order valence-corrected chi connectivity index (χ4v) is 6.64. The predicted octanol–water partition coefficient (Wildman–Crippen LogP) is 3.98. The first-order valence-corrected chi connectivity index (χ1v) is 8.30. The van der Waals surface area contributed by atoms with Crippen LogP contribution in [-0.2, 0) is 12.0 Å². The molecule has 0 aromatic carbocycles. The Balaban J connectivity index is 1.78. The van der Waals surface area contributed by atoms with Crippen molar-refractivity contribution < 1.29 is 0 Å². The van der Waals surface area contributed by atoms with Gasteiger partial charge in [-0.2, -0.15) is 0 Å². The molecule has 0 saturated heterocycles. The number of thiophene rings is 1. The second kappa shape index (κ2) is 3.83. The maximum atomic E-state index is 5.99. The Hall–Kier alpha value is -0.340. The van der Waals surface area contributed by atoms with E-state index >= 15 is 0 Å². The molecule has 0 spiro atoms. The SMILES string of the molecule is Cc1cc(C23CC4CC(CC(C4)C2)C3)c(CN)s1. The lowest BCUT2D eigenvalue weighted by Crippen LogP contribution is -2.48. The van der Waals surface area contributed by atoms with Gasteiger partial charge in [-0.05, 0) is 80.2 Å². The van der Waals surface area contributed by atoms with Crippen molar-refractivity contribution in [3.05, 3.63) is 21.4 Å². The molecule has 4 saturated carbocycles. The minimum absolute atomic E-state index is 0.536. The Morgan fingerprint density at radius 2 is 1.72 bits per heavy atom. The molecule has 18 heavy (non-hydrogen) atoms. The zero-order chi connectivity index (χ0) is 12.3. The van der Waals surface area contributed by atoms with Crippen LogP contribution in [-0.4, -0.2) is 0 Å². The number of hydrogen-bond acceptors (Lipinski definition) is 2. The smallest absolute Gasteiger partial charge is 0.0276 e. The van der Waals surface area contributed by atoms with Gasteiger partial charge in [-0.15, -0.1) is 11.3 Å². The van der Waals surface area contributed by atoms with E-state index in [-0.39, 0.29) is 0 Å². The highest BCUT2D eigenvalue weighted by atomic mass is 32.1. The Labute approximate surface area is 114 Å². The predicted molar refractivity (Wildman–Crippen MR) is 76.8 cm³/mol. The Morgan fingerprint density at radius 3 is 2.22 bits per heavy atom. The van der Waals surface area contributed by atoms with Gasteiger partial charge >= 0.3 is 0 Å². The van der Waals surface area contributed by atoms with Crippen molar-refractivity contribution >= 4 is 11.3 Å². The summed E-state index contributed by atoms with van der Waals surface area (Å²) in [5, 5.41) is 0. The van der Waals surface area contributed by atoms with E-state index in [0.717, 1.165) is 24.3 Å². The molecule has 4 fully saturated rings. The molecule has 4 aliphatic rings. The molecule has 4 bridgehead atoms. The normalized spacial score (nSPS) is 41.6. The lowest BCUT2D eigenvalue weighted by molar-refractivity contribution is -0.00535. The van der Waals surface area contributed by atoms with E-state index in [2.05, 4.69) is 13.0 Å². The molecule has 1 aromatic rings. The van der Waals surface area contributed by atoms with E-state index in [9.17, 15) is 0 Å². The first-order chi connectivity index (χ1) is 8.68. The van der Waals surface area contributed by atoms with E-state index in [0.29, 0.717) is 5.41 Å². The average Bonchev–Trinajstić information content (AvgIpc) is 2.69. The third-order valence-corrected chi connectivity index (χ3v) is 6.80. The number of nitrogens with two attached hydrogens (primary N) is 1. The van der Waals surface area contributed by atoms with E-state index in [1.54, 1.807) is 5.56 Å². The Kier molecular flexibility index (Phi) is 2.44. The summed E-state index contributed by atoms with van der Waals surface area (Å²) >= 11 is 1.94. The molecule has 4 aliphatic carbocycles. The second-order valence-corrected chi connectivity index (χ2v) is 8.44. The summed E-state index contributed by atoms with van der Waals surface area (Å²) in [5.41, 5.74) is 8.19. The summed E-state index contributed by atoms with van der Waals surface area (Å²) in [6, 6.07) is 2.47. The van der Waals surface area contributed by atoms with Gasteiger partial charge in [-0.1, -0.05) is 0 Å². The molecule has 0 unspecified atom stereocenters. The summed E-state index contributed by atoms with van der Waals surface area (Å²) in [6.45, 7) is 2.99. The van der Waals surface area contributed by atoms with Crippen molar-refractivity contribution in [2.75, 3.05) is 0 Å². The van der Waals surface area contributed by atoms with Gasteiger partial charge in [0.05, 0.1) is 0 Å². The molecule has 2 heteroatoms. The van der Waals surface area contributed by atoms with E-state index in [1.807, 2.05) is 11.3 Å². The molecule has 1 nitrogen and oxygen atoms in total. The quantitative estimate of drug-likeness (QED) is 0.856. The van der Waals surface area contributed by atoms with Gasteiger partial charge in [0, 0.05) is 16.3 Å². The molecule has 1 heterocycles. The Morgan fingerprint density at radius 1 is 1.17 bits per heavy atom. The first kappa shape index (κ1) is 11.5. The van der Waals surface area contributed by atoms with Crippen molar-refractivity contribution in [1.82, 2.24) is 0 Å². The van der Waals surface area contributed by atoms with Crippen LogP contribution in [0, 0.1) is 24.7 Å². The van der Waals surface area contributed by atoms with Crippen LogP contribution in [0.1, 0.15) is 53.8 Å². The van der Waals surface area contributed by atoms with Crippen LogP contribution in [0.15, 0.2) is 6.07 Å². The van der Waals surface area contributed by atoms with E-state index < -0.39 is 0 Å². The zero-order valence-electron chi connectivity index (χ0n) is 11.2. The molecule has 98 valence electrons. The summed E-state index contributed by atoms with van der Waals surface area (Å²) in [4.78, 5) is 2.94. The van der Waals surface area contributed by atoms with Crippen LogP contribution in [0.4, 0.5) is 0 Å². The van der Waals surface area contributed by atoms with Crippen molar-refractivity contribution in [2.24, 2.45) is 23.5 Å². The van der Waals surface area contributed by atoms with Crippen molar-refractivity contribution in [3.8, 4) is 0 Å². The van der Waals surface area contributed by atoms with Gasteiger partial charge in [-0.25, -0.2) is 0 Å². The summed E-state index contributed by atoms with van der Waals surface area (Å²) in [5.74, 6) is 3.09. The third-order valence-electron chi connectivity index (χ3n) is 5.73. The standard InChI is InChI=1S/C16H23NS/c1-10-2-14(15(9-17)18-10)16-6-11-3-12(7-16)5-13(4-11)8-16/h2,11-13H,3-9,17H2,1H3. The van der Waals surface area contributed by atoms with Gasteiger partial charge in [0.25, 0.3) is 0 Å². The molecule has 2 N–H and O–H groups in total. The molecular weight excluding hydrogens is 238 g/mol. The average molecular weight is 261 g/mol. The highest BCUT2D eigenvalue weighted by Crippen LogP contribution is 2.61. The minimum Gasteiger partial charge on any atom is -0.326 e. The van der Waals surface area contributed by atoms with Crippen molar-refractivity contribution in [3.63, 3.8) is 0 Å². The van der Waals surface area contributed by atoms with E-state index in [4.69, 9.17) is 5.73 Å². The highest BCUT2D eigenvalue weighted by Gasteiger charge is 2.52. The topological polar surface area (TPSA) is 26.0 Å². The molecular formula is C16H23NS. The monoisotopic (exact) mass is 261 g/mol. The van der Waals surface area contributed by atoms with Crippen LogP contribution >= 0.6 is 11.3 Å². The van der Waals surface area contributed by atoms with Gasteiger partial charge in [-0.3, -0.25) is 0 Å². The fraction of sp³-hybridized carbons (Fsp3) is 0.750. The second-order valence-electron chi connectivity index (χ2n) is 7.10. The van der Waals surface area contributed by atoms with Gasteiger partial charge in [0.2, 0.25) is 0 Å². The number of rotatable bonds is 2. The summed E-state index contributed by atoms with van der Waals surface area (Å²) in [7, 11) is 0. The molecule has 5 rings (SSSR count). The lowest BCUT2D eigenvalue weighted by Gasteiger charge is -2.57. The number of aryl methyl sites for hydroxylation is 1. The van der Waals surface area contributed by atoms with Gasteiger partial charge in [0.1, 0.15) is 0 Å². The minimum atomic E-state index is 0.536. The third kappa shape index (κ3) is 1.55. The number of hydrogen-bond donors (Lipinski definition) is 1. The molecule has 0 atom stereocenters. The highest BCUT2D eigenvalue weighted by molar-refractivity contribution is 7.12. The largest absolute Gasteiger partial charge is 0.326 e. The van der Waals surface area contributed by atoms with Crippen LogP contribution in [0.2, 0.25) is 0 Å². The van der Waals surface area contributed by atoms with E-state index in [1.165, 1.54) is 48.3 Å². The fourth-order valence-electron chi connectivity index (χ4n) is 5.60. The summed E-state index contributed by atoms with van der Waals surface area (Å²) in [6.07, 6.45) is 8.97. The Bertz CT molecular complexity index is 438. The van der Waals surface area contributed by atoms with Gasteiger partial charge < -0.3 is 5.73 Å². The first-order valence-electron chi connectivity index (χ1n) is 7.48. The zero-order valence-corrected chi connectivity index (χ0v) is 12.1. The van der Waals surface area contributed by atoms with Crippen molar-refractivity contribution in [1.29, 1.82) is 0 Å².